The van der Waals surface area contributed by atoms with E-state index in [1.807, 2.05) is 0 Å². The fraction of sp³-hybridized carbons (Fsp3) is 0.742. The molecule has 1 aromatic rings. The van der Waals surface area contributed by atoms with E-state index in [0.29, 0.717) is 24.4 Å². The zero-order valence-corrected chi connectivity index (χ0v) is 24.2. The summed E-state index contributed by atoms with van der Waals surface area (Å²) in [6, 6.07) is 1.37. The zero-order valence-electron chi connectivity index (χ0n) is 23.4. The van der Waals surface area contributed by atoms with E-state index >= 15 is 0 Å². The van der Waals surface area contributed by atoms with Crippen LogP contribution in [0.25, 0.3) is 0 Å². The number of hydrogen-bond donors (Lipinski definition) is 3. The molecule has 0 saturated heterocycles. The van der Waals surface area contributed by atoms with Crippen LogP contribution < -0.4 is 4.74 Å². The van der Waals surface area contributed by atoms with Crippen molar-refractivity contribution in [1.82, 2.24) is 4.98 Å². The number of aliphatic hydroxyl groups is 2. The number of rotatable bonds is 6. The molecule has 10 atom stereocenters. The topological polar surface area (TPSA) is 99.9 Å². The third kappa shape index (κ3) is 4.12. The van der Waals surface area contributed by atoms with E-state index in [1.54, 1.807) is 0 Å². The molecule has 210 valence electrons. The number of hydrogen-bond acceptors (Lipinski definition) is 5. The van der Waals surface area contributed by atoms with Gasteiger partial charge in [0.2, 0.25) is 5.88 Å². The standard InChI is InChI=1S/C31H44ClNO5/c1-17(10-13-38-27-24(32)14-19(16-33-27)28(36)37)21-6-7-22-25-23(9-11-29(21,22)3)30(4)12-8-20(34)15-31(30,5)18(2)26(25)35/h6,14,16-18,20,22-23,25-26,34-35H,7-13,15H2,1-5H3,(H,36,37)/t17-,18+,20-,22+,23+,25?,26-,29-,30?,31?/m1/s1. The zero-order chi connectivity index (χ0) is 27.6. The van der Waals surface area contributed by atoms with Crippen molar-refractivity contribution in [2.75, 3.05) is 6.61 Å². The molecular weight excluding hydrogens is 502 g/mol. The Labute approximate surface area is 231 Å². The van der Waals surface area contributed by atoms with Crippen LogP contribution in [0.1, 0.15) is 89.9 Å². The van der Waals surface area contributed by atoms with Crippen molar-refractivity contribution < 1.29 is 24.9 Å². The van der Waals surface area contributed by atoms with E-state index in [0.717, 1.165) is 44.9 Å². The second kappa shape index (κ2) is 9.78. The lowest BCUT2D eigenvalue weighted by Gasteiger charge is -2.68. The lowest BCUT2D eigenvalue weighted by Crippen LogP contribution is -2.65. The number of nitrogens with zero attached hydrogens (tertiary/aromatic N) is 1. The van der Waals surface area contributed by atoms with Crippen molar-refractivity contribution in [3.63, 3.8) is 0 Å². The Kier molecular flexibility index (Phi) is 7.18. The van der Waals surface area contributed by atoms with Crippen molar-refractivity contribution in [3.05, 3.63) is 34.5 Å². The summed E-state index contributed by atoms with van der Waals surface area (Å²) in [5.41, 5.74) is 1.69. The molecule has 1 aromatic heterocycles. The summed E-state index contributed by atoms with van der Waals surface area (Å²) >= 11 is 6.20. The first-order valence-electron chi connectivity index (χ1n) is 14.4. The number of carbonyl (C=O) groups is 1. The van der Waals surface area contributed by atoms with Gasteiger partial charge in [0.25, 0.3) is 0 Å². The van der Waals surface area contributed by atoms with Crippen LogP contribution in [0.5, 0.6) is 5.88 Å². The highest BCUT2D eigenvalue weighted by atomic mass is 35.5. The second-order valence-electron chi connectivity index (χ2n) is 13.5. The minimum Gasteiger partial charge on any atom is -0.478 e. The highest BCUT2D eigenvalue weighted by Gasteiger charge is 2.67. The van der Waals surface area contributed by atoms with E-state index < -0.39 is 5.97 Å². The summed E-state index contributed by atoms with van der Waals surface area (Å²) in [7, 11) is 0. The van der Waals surface area contributed by atoms with Crippen LogP contribution in [0.3, 0.4) is 0 Å². The molecular formula is C31H44ClNO5. The number of aliphatic hydroxyl groups excluding tert-OH is 2. The highest BCUT2D eigenvalue weighted by molar-refractivity contribution is 6.32. The fourth-order valence-electron chi connectivity index (χ4n) is 9.52. The summed E-state index contributed by atoms with van der Waals surface area (Å²) < 4.78 is 5.86. The Bertz CT molecular complexity index is 1120. The van der Waals surface area contributed by atoms with Crippen LogP contribution in [-0.4, -0.2) is 45.1 Å². The maximum Gasteiger partial charge on any atom is 0.337 e. The van der Waals surface area contributed by atoms with Gasteiger partial charge in [0.1, 0.15) is 5.02 Å². The Morgan fingerprint density at radius 3 is 2.61 bits per heavy atom. The summed E-state index contributed by atoms with van der Waals surface area (Å²) in [5, 5.41) is 31.7. The third-order valence-corrected chi connectivity index (χ3v) is 12.3. The molecule has 4 aliphatic carbocycles. The van der Waals surface area contributed by atoms with Crippen molar-refractivity contribution >= 4 is 17.6 Å². The SMILES string of the molecule is C[C@H](CCOc1ncc(C(=O)O)cc1Cl)C1=CC[C@H]2C3[C@H](O)[C@H](C)C4(C)C[C@H](O)CCC4(C)[C@H]3CC[C@]12C. The van der Waals surface area contributed by atoms with Gasteiger partial charge >= 0.3 is 5.97 Å². The Morgan fingerprint density at radius 2 is 1.92 bits per heavy atom. The Morgan fingerprint density at radius 1 is 1.18 bits per heavy atom. The number of aromatic carboxylic acids is 1. The molecule has 6 nitrogen and oxygen atoms in total. The number of halogens is 1. The molecule has 38 heavy (non-hydrogen) atoms. The lowest BCUT2D eigenvalue weighted by molar-refractivity contribution is -0.234. The maximum absolute atomic E-state index is 11.8. The Hall–Kier alpha value is -1.63. The monoisotopic (exact) mass is 545 g/mol. The predicted octanol–water partition coefficient (Wildman–Crippen LogP) is 6.39. The molecule has 3 saturated carbocycles. The summed E-state index contributed by atoms with van der Waals surface area (Å²) in [4.78, 5) is 15.2. The third-order valence-electron chi connectivity index (χ3n) is 12.0. The van der Waals surface area contributed by atoms with E-state index in [1.165, 1.54) is 17.8 Å². The lowest BCUT2D eigenvalue weighted by atomic mass is 9.37. The molecule has 0 bridgehead atoms. The maximum atomic E-state index is 11.8. The molecule has 0 aliphatic heterocycles. The minimum atomic E-state index is -1.07. The Balaban J connectivity index is 1.29. The molecule has 7 heteroatoms. The van der Waals surface area contributed by atoms with Crippen molar-refractivity contribution in [2.45, 2.75) is 91.8 Å². The van der Waals surface area contributed by atoms with E-state index in [2.05, 4.69) is 45.7 Å². The van der Waals surface area contributed by atoms with Crippen LogP contribution in [0.15, 0.2) is 23.9 Å². The van der Waals surface area contributed by atoms with Crippen LogP contribution >= 0.6 is 11.6 Å². The minimum absolute atomic E-state index is 0.0409. The quantitative estimate of drug-likeness (QED) is 0.358. The molecule has 0 radical (unpaired) electrons. The fourth-order valence-corrected chi connectivity index (χ4v) is 9.74. The number of ether oxygens (including phenoxy) is 1. The second-order valence-corrected chi connectivity index (χ2v) is 13.9. The average Bonchev–Trinajstić information content (AvgIpc) is 3.22. The van der Waals surface area contributed by atoms with Crippen molar-refractivity contribution in [1.29, 1.82) is 0 Å². The predicted molar refractivity (Wildman–Crippen MR) is 147 cm³/mol. The molecule has 0 spiro atoms. The van der Waals surface area contributed by atoms with Gasteiger partial charge in [-0.15, -0.1) is 0 Å². The first-order valence-corrected chi connectivity index (χ1v) is 14.8. The molecule has 1 heterocycles. The number of allylic oxidation sites excluding steroid dienone is 2. The smallest absolute Gasteiger partial charge is 0.337 e. The summed E-state index contributed by atoms with van der Waals surface area (Å²) in [6.45, 7) is 12.2. The van der Waals surface area contributed by atoms with Gasteiger partial charge in [-0.2, -0.15) is 0 Å². The van der Waals surface area contributed by atoms with Gasteiger partial charge < -0.3 is 20.1 Å². The van der Waals surface area contributed by atoms with Gasteiger partial charge in [-0.25, -0.2) is 9.78 Å². The van der Waals surface area contributed by atoms with E-state index in [4.69, 9.17) is 21.4 Å². The number of carboxylic acids is 1. The van der Waals surface area contributed by atoms with Gasteiger partial charge in [0, 0.05) is 6.20 Å². The molecule has 4 aliphatic rings. The first-order chi connectivity index (χ1) is 17.8. The number of fused-ring (bicyclic) bond motifs is 5. The van der Waals surface area contributed by atoms with Gasteiger partial charge in [-0.05, 0) is 96.8 Å². The van der Waals surface area contributed by atoms with Gasteiger partial charge in [-0.1, -0.05) is 57.9 Å². The average molecular weight is 546 g/mol. The molecule has 0 aromatic carbocycles. The number of aromatic nitrogens is 1. The molecule has 5 rings (SSSR count). The molecule has 3 N–H and O–H groups in total. The van der Waals surface area contributed by atoms with Crippen molar-refractivity contribution in [3.8, 4) is 5.88 Å². The normalized spacial score (nSPS) is 42.9. The van der Waals surface area contributed by atoms with Crippen LogP contribution in [0.2, 0.25) is 5.02 Å². The molecule has 0 amide bonds. The van der Waals surface area contributed by atoms with Crippen LogP contribution in [0, 0.1) is 45.8 Å². The molecule has 3 fully saturated rings. The largest absolute Gasteiger partial charge is 0.478 e. The summed E-state index contributed by atoms with van der Waals surface area (Å²) in [6.07, 6.45) is 9.92. The first kappa shape index (κ1) is 27.9. The van der Waals surface area contributed by atoms with E-state index in [9.17, 15) is 15.0 Å². The van der Waals surface area contributed by atoms with E-state index in [-0.39, 0.29) is 56.8 Å². The van der Waals surface area contributed by atoms with Crippen molar-refractivity contribution in [2.24, 2.45) is 45.8 Å². The number of carboxylic acid groups (broad SMARTS) is 1. The molecule has 3 unspecified atom stereocenters. The van der Waals surface area contributed by atoms with Gasteiger partial charge in [0.05, 0.1) is 24.4 Å². The summed E-state index contributed by atoms with van der Waals surface area (Å²) in [5.74, 6) is 0.880. The van der Waals surface area contributed by atoms with Gasteiger partial charge in [0.15, 0.2) is 0 Å². The van der Waals surface area contributed by atoms with Crippen LogP contribution in [0.4, 0.5) is 0 Å². The van der Waals surface area contributed by atoms with Crippen LogP contribution in [-0.2, 0) is 0 Å². The highest BCUT2D eigenvalue weighted by Crippen LogP contribution is 2.71. The number of pyridine rings is 1. The van der Waals surface area contributed by atoms with Gasteiger partial charge in [-0.3, -0.25) is 0 Å².